The van der Waals surface area contributed by atoms with Crippen LogP contribution in [-0.4, -0.2) is 41.0 Å². The van der Waals surface area contributed by atoms with Gasteiger partial charge >= 0.3 is 0 Å². The van der Waals surface area contributed by atoms with Crippen LogP contribution in [-0.2, 0) is 0 Å². The molecule has 0 unspecified atom stereocenters. The van der Waals surface area contributed by atoms with Crippen molar-refractivity contribution in [3.8, 4) is 5.75 Å². The van der Waals surface area contributed by atoms with Gasteiger partial charge in [-0.1, -0.05) is 11.6 Å². The lowest BCUT2D eigenvalue weighted by atomic mass is 9.94. The van der Waals surface area contributed by atoms with Gasteiger partial charge in [0.25, 0.3) is 11.5 Å². The SMILES string of the molecule is COc1ccc(Cl)cc1C(=O)N1CCC[C@@H](c2cc(=O)[nH]c(C)n2)C1. The number of piperidine rings is 1. The second-order valence-electron chi connectivity index (χ2n) is 6.19. The molecule has 25 heavy (non-hydrogen) atoms. The van der Waals surface area contributed by atoms with E-state index in [9.17, 15) is 9.59 Å². The molecular formula is C18H20ClN3O3. The van der Waals surface area contributed by atoms with Crippen LogP contribution in [0.4, 0.5) is 0 Å². The molecule has 0 bridgehead atoms. The van der Waals surface area contributed by atoms with Crippen LogP contribution in [0, 0.1) is 6.92 Å². The molecule has 2 aromatic rings. The summed E-state index contributed by atoms with van der Waals surface area (Å²) >= 11 is 6.04. The molecule has 6 nitrogen and oxygen atoms in total. The van der Waals surface area contributed by atoms with E-state index in [4.69, 9.17) is 16.3 Å². The van der Waals surface area contributed by atoms with Gasteiger partial charge in [-0.05, 0) is 38.0 Å². The summed E-state index contributed by atoms with van der Waals surface area (Å²) in [5.74, 6) is 1.01. The lowest BCUT2D eigenvalue weighted by Gasteiger charge is -2.32. The standard InChI is InChI=1S/C18H20ClN3O3/c1-11-20-15(9-17(23)21-11)12-4-3-7-22(10-12)18(24)14-8-13(19)5-6-16(14)25-2/h5-6,8-9,12H,3-4,7,10H2,1-2H3,(H,20,21,23)/t12-/m1/s1. The zero-order valence-corrected chi connectivity index (χ0v) is 15.0. The Morgan fingerprint density at radius 2 is 2.20 bits per heavy atom. The summed E-state index contributed by atoms with van der Waals surface area (Å²) in [4.78, 5) is 33.5. The molecule has 2 heterocycles. The van der Waals surface area contributed by atoms with Crippen molar-refractivity contribution in [1.82, 2.24) is 14.9 Å². The highest BCUT2D eigenvalue weighted by Crippen LogP contribution is 2.29. The van der Waals surface area contributed by atoms with Crippen molar-refractivity contribution in [3.05, 3.63) is 56.7 Å². The molecule has 1 fully saturated rings. The molecule has 1 aromatic heterocycles. The van der Waals surface area contributed by atoms with Crippen molar-refractivity contribution in [2.45, 2.75) is 25.7 Å². The van der Waals surface area contributed by atoms with Crippen molar-refractivity contribution in [2.75, 3.05) is 20.2 Å². The van der Waals surface area contributed by atoms with Crippen molar-refractivity contribution in [3.63, 3.8) is 0 Å². The molecule has 132 valence electrons. The summed E-state index contributed by atoms with van der Waals surface area (Å²) < 4.78 is 5.29. The van der Waals surface area contributed by atoms with Gasteiger partial charge in [0.2, 0.25) is 0 Å². The molecule has 1 aliphatic rings. The van der Waals surface area contributed by atoms with Crippen LogP contribution in [0.3, 0.4) is 0 Å². The van der Waals surface area contributed by atoms with Crippen LogP contribution in [0.25, 0.3) is 0 Å². The topological polar surface area (TPSA) is 75.3 Å². The number of rotatable bonds is 3. The first-order valence-corrected chi connectivity index (χ1v) is 8.56. The van der Waals surface area contributed by atoms with E-state index < -0.39 is 0 Å². The molecule has 0 radical (unpaired) electrons. The van der Waals surface area contributed by atoms with Crippen LogP contribution in [0.2, 0.25) is 5.02 Å². The summed E-state index contributed by atoms with van der Waals surface area (Å²) in [7, 11) is 1.53. The normalized spacial score (nSPS) is 17.4. The molecule has 7 heteroatoms. The number of aromatic nitrogens is 2. The fourth-order valence-electron chi connectivity index (χ4n) is 3.23. The van der Waals surface area contributed by atoms with E-state index in [1.165, 1.54) is 13.2 Å². The van der Waals surface area contributed by atoms with Gasteiger partial charge in [0, 0.05) is 30.1 Å². The number of H-pyrrole nitrogens is 1. The Bertz CT molecular complexity index is 850. The second-order valence-corrected chi connectivity index (χ2v) is 6.63. The third-order valence-electron chi connectivity index (χ3n) is 4.40. The van der Waals surface area contributed by atoms with Crippen LogP contribution in [0.1, 0.15) is 40.6 Å². The molecule has 1 aliphatic heterocycles. The number of likely N-dealkylation sites (tertiary alicyclic amines) is 1. The Morgan fingerprint density at radius 3 is 2.92 bits per heavy atom. The van der Waals surface area contributed by atoms with Crippen LogP contribution in [0.5, 0.6) is 5.75 Å². The number of hydrogen-bond donors (Lipinski definition) is 1. The van der Waals surface area contributed by atoms with Crippen LogP contribution >= 0.6 is 11.6 Å². The summed E-state index contributed by atoms with van der Waals surface area (Å²) in [6, 6.07) is 6.53. The molecule has 0 aliphatic carbocycles. The van der Waals surface area contributed by atoms with Crippen molar-refractivity contribution in [2.24, 2.45) is 0 Å². The number of benzene rings is 1. The number of aromatic amines is 1. The summed E-state index contributed by atoms with van der Waals surface area (Å²) in [6.45, 7) is 2.94. The number of ether oxygens (including phenoxy) is 1. The van der Waals surface area contributed by atoms with Gasteiger partial charge in [-0.15, -0.1) is 0 Å². The van der Waals surface area contributed by atoms with Gasteiger partial charge < -0.3 is 14.6 Å². The maximum absolute atomic E-state index is 12.9. The minimum absolute atomic E-state index is 0.0453. The number of methoxy groups -OCH3 is 1. The molecule has 1 saturated heterocycles. The lowest BCUT2D eigenvalue weighted by molar-refractivity contribution is 0.0702. The molecule has 1 amide bonds. The highest BCUT2D eigenvalue weighted by atomic mass is 35.5. The summed E-state index contributed by atoms with van der Waals surface area (Å²) in [6.07, 6.45) is 1.75. The van der Waals surface area contributed by atoms with Gasteiger partial charge in [0.05, 0.1) is 18.4 Å². The van der Waals surface area contributed by atoms with E-state index in [1.54, 1.807) is 30.0 Å². The maximum atomic E-state index is 12.9. The largest absolute Gasteiger partial charge is 0.496 e. The zero-order chi connectivity index (χ0) is 18.0. The summed E-state index contributed by atoms with van der Waals surface area (Å²) in [5.41, 5.74) is 1.02. The van der Waals surface area contributed by atoms with Gasteiger partial charge in [-0.3, -0.25) is 9.59 Å². The smallest absolute Gasteiger partial charge is 0.257 e. The first kappa shape index (κ1) is 17.5. The zero-order valence-electron chi connectivity index (χ0n) is 14.2. The third-order valence-corrected chi connectivity index (χ3v) is 4.63. The number of nitrogens with one attached hydrogen (secondary N) is 1. The molecular weight excluding hydrogens is 342 g/mol. The van der Waals surface area contributed by atoms with Gasteiger partial charge in [0.1, 0.15) is 11.6 Å². The van der Waals surface area contributed by atoms with Gasteiger partial charge in [-0.2, -0.15) is 0 Å². The number of amides is 1. The number of carbonyl (C=O) groups excluding carboxylic acids is 1. The first-order chi connectivity index (χ1) is 12.0. The molecule has 1 aromatic carbocycles. The summed E-state index contributed by atoms with van der Waals surface area (Å²) in [5, 5.41) is 0.490. The van der Waals surface area contributed by atoms with E-state index in [0.29, 0.717) is 35.2 Å². The Labute approximate surface area is 150 Å². The highest BCUT2D eigenvalue weighted by Gasteiger charge is 2.28. The molecule has 3 rings (SSSR count). The van der Waals surface area contributed by atoms with Crippen molar-refractivity contribution in [1.29, 1.82) is 0 Å². The quantitative estimate of drug-likeness (QED) is 0.912. The monoisotopic (exact) mass is 361 g/mol. The van der Waals surface area contributed by atoms with Gasteiger partial charge in [-0.25, -0.2) is 4.98 Å². The highest BCUT2D eigenvalue weighted by molar-refractivity contribution is 6.31. The van der Waals surface area contributed by atoms with Gasteiger partial charge in [0.15, 0.2) is 0 Å². The number of hydrogen-bond acceptors (Lipinski definition) is 4. The minimum atomic E-state index is -0.164. The molecule has 0 spiro atoms. The molecule has 0 saturated carbocycles. The maximum Gasteiger partial charge on any atom is 0.257 e. The predicted molar refractivity (Wildman–Crippen MR) is 95.5 cm³/mol. The number of halogens is 1. The third kappa shape index (κ3) is 3.85. The average Bonchev–Trinajstić information content (AvgIpc) is 2.60. The minimum Gasteiger partial charge on any atom is -0.496 e. The van der Waals surface area contributed by atoms with E-state index in [-0.39, 0.29) is 17.4 Å². The van der Waals surface area contributed by atoms with Crippen LogP contribution in [0.15, 0.2) is 29.1 Å². The fourth-order valence-corrected chi connectivity index (χ4v) is 3.40. The first-order valence-electron chi connectivity index (χ1n) is 8.18. The molecule has 1 N–H and O–H groups in total. The van der Waals surface area contributed by atoms with Crippen molar-refractivity contribution < 1.29 is 9.53 Å². The van der Waals surface area contributed by atoms with Crippen LogP contribution < -0.4 is 10.3 Å². The Balaban J connectivity index is 1.85. The Kier molecular flexibility index (Phi) is 5.08. The fraction of sp³-hybridized carbons (Fsp3) is 0.389. The van der Waals surface area contributed by atoms with Crippen molar-refractivity contribution >= 4 is 17.5 Å². The average molecular weight is 362 g/mol. The number of nitrogens with zero attached hydrogens (tertiary/aromatic N) is 2. The Hall–Kier alpha value is -2.34. The number of aryl methyl sites for hydroxylation is 1. The van der Waals surface area contributed by atoms with E-state index in [2.05, 4.69) is 9.97 Å². The van der Waals surface area contributed by atoms with E-state index in [1.807, 2.05) is 0 Å². The Morgan fingerprint density at radius 1 is 1.40 bits per heavy atom. The number of carbonyl (C=O) groups is 1. The molecule has 1 atom stereocenters. The van der Waals surface area contributed by atoms with E-state index >= 15 is 0 Å². The second kappa shape index (κ2) is 7.27. The van der Waals surface area contributed by atoms with E-state index in [0.717, 1.165) is 18.5 Å². The lowest BCUT2D eigenvalue weighted by Crippen LogP contribution is -2.39. The predicted octanol–water partition coefficient (Wildman–Crippen LogP) is 2.76.